The van der Waals surface area contributed by atoms with Crippen LogP contribution in [-0.4, -0.2) is 28.0 Å². The third-order valence-corrected chi connectivity index (χ3v) is 2.38. The molecule has 98 valence electrons. The first-order valence-electron chi connectivity index (χ1n) is 5.20. The van der Waals surface area contributed by atoms with Gasteiger partial charge >= 0.3 is 5.97 Å². The summed E-state index contributed by atoms with van der Waals surface area (Å²) in [6, 6.07) is 6.17. The first-order chi connectivity index (χ1) is 9.02. The summed E-state index contributed by atoms with van der Waals surface area (Å²) in [5.41, 5.74) is -1.02. The number of carboxylic acid groups (broad SMARTS) is 1. The number of aromatic nitrogens is 2. The van der Waals surface area contributed by atoms with E-state index in [1.54, 1.807) is 0 Å². The van der Waals surface area contributed by atoms with Crippen LogP contribution in [0.2, 0.25) is 0 Å². The lowest BCUT2D eigenvalue weighted by atomic mass is 10.3. The van der Waals surface area contributed by atoms with Gasteiger partial charge in [0.2, 0.25) is 17.0 Å². The Bertz CT molecular complexity index is 679. The van der Waals surface area contributed by atoms with Gasteiger partial charge in [0.25, 0.3) is 0 Å². The molecular formula is C12H9FN2O4. The number of benzene rings is 1. The predicted octanol–water partition coefficient (Wildman–Crippen LogP) is 1.08. The van der Waals surface area contributed by atoms with E-state index >= 15 is 0 Å². The van der Waals surface area contributed by atoms with Gasteiger partial charge < -0.3 is 9.84 Å². The van der Waals surface area contributed by atoms with E-state index in [1.807, 2.05) is 0 Å². The van der Waals surface area contributed by atoms with Crippen LogP contribution in [0.15, 0.2) is 35.1 Å². The van der Waals surface area contributed by atoms with E-state index < -0.39 is 22.9 Å². The molecule has 1 N–H and O–H groups in total. The molecule has 1 aromatic heterocycles. The van der Waals surface area contributed by atoms with Gasteiger partial charge in [-0.2, -0.15) is 5.10 Å². The smallest absolute Gasteiger partial charge is 0.360 e. The number of carboxylic acids is 1. The van der Waals surface area contributed by atoms with Crippen molar-refractivity contribution in [2.45, 2.75) is 0 Å². The molecule has 0 atom stereocenters. The monoisotopic (exact) mass is 264 g/mol. The topological polar surface area (TPSA) is 81.4 Å². The predicted molar refractivity (Wildman–Crippen MR) is 63.3 cm³/mol. The van der Waals surface area contributed by atoms with E-state index in [1.165, 1.54) is 31.4 Å². The average molecular weight is 264 g/mol. The largest absolute Gasteiger partial charge is 0.481 e. The SMILES string of the molecule is COc1cc(=O)c(C(=O)O)nn1-c1ccc(F)cc1. The van der Waals surface area contributed by atoms with Crippen molar-refractivity contribution in [1.29, 1.82) is 0 Å². The summed E-state index contributed by atoms with van der Waals surface area (Å²) < 4.78 is 18.9. The summed E-state index contributed by atoms with van der Waals surface area (Å²) in [6.07, 6.45) is 0. The molecule has 0 aliphatic rings. The summed E-state index contributed by atoms with van der Waals surface area (Å²) >= 11 is 0. The lowest BCUT2D eigenvalue weighted by molar-refractivity contribution is 0.0686. The molecule has 0 saturated carbocycles. The standard InChI is InChI=1S/C12H9FN2O4/c1-19-10-6-9(16)11(12(17)18)14-15(10)8-4-2-7(13)3-5-8/h2-6H,1H3,(H,17,18). The van der Waals surface area contributed by atoms with Crippen molar-refractivity contribution < 1.29 is 19.0 Å². The van der Waals surface area contributed by atoms with E-state index in [9.17, 15) is 14.0 Å². The quantitative estimate of drug-likeness (QED) is 0.897. The third-order valence-electron chi connectivity index (χ3n) is 2.38. The third kappa shape index (κ3) is 2.44. The zero-order valence-electron chi connectivity index (χ0n) is 9.83. The lowest BCUT2D eigenvalue weighted by Crippen LogP contribution is -2.22. The molecule has 0 bridgehead atoms. The highest BCUT2D eigenvalue weighted by molar-refractivity contribution is 5.85. The van der Waals surface area contributed by atoms with Crippen LogP contribution in [0.3, 0.4) is 0 Å². The Kier molecular flexibility index (Phi) is 3.28. The van der Waals surface area contributed by atoms with Crippen LogP contribution in [0.25, 0.3) is 5.69 Å². The molecule has 0 unspecified atom stereocenters. The summed E-state index contributed by atoms with van der Waals surface area (Å²) in [5, 5.41) is 12.6. The first-order valence-corrected chi connectivity index (χ1v) is 5.20. The van der Waals surface area contributed by atoms with Crippen LogP contribution in [0.1, 0.15) is 10.5 Å². The van der Waals surface area contributed by atoms with Crippen LogP contribution < -0.4 is 10.2 Å². The van der Waals surface area contributed by atoms with E-state index in [2.05, 4.69) is 5.10 Å². The number of carbonyl (C=O) groups is 1. The fourth-order valence-electron chi connectivity index (χ4n) is 1.50. The summed E-state index contributed by atoms with van der Waals surface area (Å²) in [6.45, 7) is 0. The van der Waals surface area contributed by atoms with Gasteiger partial charge in [-0.05, 0) is 24.3 Å². The highest BCUT2D eigenvalue weighted by Gasteiger charge is 2.15. The number of hydrogen-bond donors (Lipinski definition) is 1. The van der Waals surface area contributed by atoms with Crippen LogP contribution >= 0.6 is 0 Å². The Morgan fingerprint density at radius 2 is 2.00 bits per heavy atom. The zero-order chi connectivity index (χ0) is 14.0. The van der Waals surface area contributed by atoms with Crippen LogP contribution in [0.5, 0.6) is 5.88 Å². The number of aromatic carboxylic acids is 1. The maximum Gasteiger partial charge on any atom is 0.360 e. The minimum Gasteiger partial charge on any atom is -0.481 e. The first kappa shape index (κ1) is 12.7. The van der Waals surface area contributed by atoms with Crippen LogP contribution in [-0.2, 0) is 0 Å². The number of rotatable bonds is 3. The Hall–Kier alpha value is -2.70. The number of hydrogen-bond acceptors (Lipinski definition) is 4. The number of halogens is 1. The van der Waals surface area contributed by atoms with E-state index in [0.717, 1.165) is 10.7 Å². The zero-order valence-corrected chi connectivity index (χ0v) is 9.83. The van der Waals surface area contributed by atoms with Crippen molar-refractivity contribution in [3.63, 3.8) is 0 Å². The Morgan fingerprint density at radius 1 is 1.37 bits per heavy atom. The summed E-state index contributed by atoms with van der Waals surface area (Å²) in [7, 11) is 1.32. The maximum atomic E-state index is 12.9. The van der Waals surface area contributed by atoms with Gasteiger partial charge in [-0.3, -0.25) is 4.79 Å². The van der Waals surface area contributed by atoms with Gasteiger partial charge in [0.05, 0.1) is 18.9 Å². The fourth-order valence-corrected chi connectivity index (χ4v) is 1.50. The average Bonchev–Trinajstić information content (AvgIpc) is 2.39. The Labute approximate surface area is 106 Å². The molecule has 0 spiro atoms. The highest BCUT2D eigenvalue weighted by Crippen LogP contribution is 2.15. The van der Waals surface area contributed by atoms with Crippen molar-refractivity contribution in [2.24, 2.45) is 0 Å². The lowest BCUT2D eigenvalue weighted by Gasteiger charge is -2.11. The molecule has 2 rings (SSSR count). The number of ether oxygens (including phenoxy) is 1. The van der Waals surface area contributed by atoms with Crippen LogP contribution in [0, 0.1) is 5.82 Å². The molecule has 0 aliphatic heterocycles. The van der Waals surface area contributed by atoms with Gasteiger partial charge in [-0.25, -0.2) is 13.9 Å². The van der Waals surface area contributed by atoms with Gasteiger partial charge in [0.15, 0.2) is 0 Å². The molecule has 19 heavy (non-hydrogen) atoms. The molecule has 0 saturated heterocycles. The fraction of sp³-hybridized carbons (Fsp3) is 0.0833. The van der Waals surface area contributed by atoms with E-state index in [4.69, 9.17) is 9.84 Å². The summed E-state index contributed by atoms with van der Waals surface area (Å²) in [4.78, 5) is 22.4. The molecule has 0 amide bonds. The Morgan fingerprint density at radius 3 is 2.53 bits per heavy atom. The second-order valence-corrected chi connectivity index (χ2v) is 3.59. The maximum absolute atomic E-state index is 12.9. The van der Waals surface area contributed by atoms with E-state index in [-0.39, 0.29) is 5.88 Å². The normalized spacial score (nSPS) is 10.2. The molecule has 0 radical (unpaired) electrons. The van der Waals surface area contributed by atoms with Crippen molar-refractivity contribution in [1.82, 2.24) is 9.78 Å². The minimum atomic E-state index is -1.44. The van der Waals surface area contributed by atoms with Gasteiger partial charge in [0.1, 0.15) is 5.82 Å². The molecule has 0 fully saturated rings. The van der Waals surface area contributed by atoms with Crippen molar-refractivity contribution in [3.05, 3.63) is 52.1 Å². The van der Waals surface area contributed by atoms with Crippen LogP contribution in [0.4, 0.5) is 4.39 Å². The molecule has 1 aromatic carbocycles. The second kappa shape index (κ2) is 4.89. The molecule has 1 heterocycles. The summed E-state index contributed by atoms with van der Waals surface area (Å²) in [5.74, 6) is -1.83. The van der Waals surface area contributed by atoms with Crippen molar-refractivity contribution >= 4 is 5.97 Å². The minimum absolute atomic E-state index is 0.0570. The Balaban J connectivity index is 2.67. The number of nitrogens with zero attached hydrogens (tertiary/aromatic N) is 2. The molecule has 0 aliphatic carbocycles. The molecule has 2 aromatic rings. The van der Waals surface area contributed by atoms with Gasteiger partial charge in [0, 0.05) is 0 Å². The van der Waals surface area contributed by atoms with E-state index in [0.29, 0.717) is 5.69 Å². The van der Waals surface area contributed by atoms with Crippen molar-refractivity contribution in [2.75, 3.05) is 7.11 Å². The number of methoxy groups -OCH3 is 1. The molecular weight excluding hydrogens is 255 g/mol. The highest BCUT2D eigenvalue weighted by atomic mass is 19.1. The molecule has 6 nitrogen and oxygen atoms in total. The van der Waals surface area contributed by atoms with Gasteiger partial charge in [-0.1, -0.05) is 0 Å². The van der Waals surface area contributed by atoms with Gasteiger partial charge in [-0.15, -0.1) is 0 Å². The second-order valence-electron chi connectivity index (χ2n) is 3.59. The van der Waals surface area contributed by atoms with Crippen molar-refractivity contribution in [3.8, 4) is 11.6 Å². The molecule has 7 heteroatoms.